The molecule has 0 saturated carbocycles. The molecule has 0 aromatic carbocycles. The number of anilines is 1. The van der Waals surface area contributed by atoms with Crippen molar-refractivity contribution in [2.24, 2.45) is 4.99 Å². The number of nitrogens with two attached hydrogens (primary N) is 1. The minimum atomic E-state index is -2.98. The predicted molar refractivity (Wildman–Crippen MR) is 132 cm³/mol. The highest BCUT2D eigenvalue weighted by Gasteiger charge is 2.41. The Morgan fingerprint density at radius 1 is 1.33 bits per heavy atom. The van der Waals surface area contributed by atoms with Crippen LogP contribution in [-0.4, -0.2) is 75.3 Å². The molecule has 4 heterocycles. The van der Waals surface area contributed by atoms with Crippen LogP contribution in [0.3, 0.4) is 0 Å². The zero-order chi connectivity index (χ0) is 26.1. The molecular weight excluding hydrogens is 517 g/mol. The zero-order valence-electron chi connectivity index (χ0n) is 19.2. The second-order valence-electron chi connectivity index (χ2n) is 8.69. The lowest BCUT2D eigenvalue weighted by molar-refractivity contribution is -0.0242. The number of rotatable bonds is 5. The number of nitrogen functional groups attached to an aromatic ring is 1. The van der Waals surface area contributed by atoms with Gasteiger partial charge >= 0.3 is 5.91 Å². The highest BCUT2D eigenvalue weighted by atomic mass is 35.5. The number of amides is 2. The first-order valence-electron chi connectivity index (χ1n) is 10.9. The molecule has 11 nitrogen and oxygen atoms in total. The molecule has 1 atom stereocenters. The summed E-state index contributed by atoms with van der Waals surface area (Å²) in [5.74, 6) is -3.65. The number of carbonyl (C=O) groups excluding carboxylic acids is 2. The summed E-state index contributed by atoms with van der Waals surface area (Å²) < 4.78 is 30.8. The van der Waals surface area contributed by atoms with Crippen molar-refractivity contribution >= 4 is 49.9 Å². The first-order valence-corrected chi connectivity index (χ1v) is 11.9. The van der Waals surface area contributed by atoms with E-state index < -0.39 is 18.4 Å². The van der Waals surface area contributed by atoms with Crippen LogP contribution >= 0.6 is 20.8 Å². The van der Waals surface area contributed by atoms with Gasteiger partial charge in [-0.2, -0.15) is 4.99 Å². The smallest absolute Gasteiger partial charge is 0.302 e. The van der Waals surface area contributed by atoms with Gasteiger partial charge in [0.2, 0.25) is 5.88 Å². The molecule has 2 aromatic rings. The van der Waals surface area contributed by atoms with E-state index in [1.807, 2.05) is 0 Å². The molecular formula is C21H24ClF2N8O3P. The van der Waals surface area contributed by atoms with E-state index in [1.165, 1.54) is 18.3 Å². The van der Waals surface area contributed by atoms with Crippen molar-refractivity contribution in [3.63, 3.8) is 0 Å². The van der Waals surface area contributed by atoms with Gasteiger partial charge in [-0.25, -0.2) is 23.7 Å². The largest absolute Gasteiger partial charge is 0.471 e. The zero-order valence-corrected chi connectivity index (χ0v) is 21.1. The number of nitrogens with one attached hydrogen (secondary N) is 2. The van der Waals surface area contributed by atoms with E-state index in [0.29, 0.717) is 43.5 Å². The Labute approximate surface area is 212 Å². The third-order valence-electron chi connectivity index (χ3n) is 5.76. The van der Waals surface area contributed by atoms with Crippen molar-refractivity contribution in [3.8, 4) is 5.88 Å². The van der Waals surface area contributed by atoms with Crippen LogP contribution in [0.15, 0.2) is 23.3 Å². The molecule has 15 heteroatoms. The summed E-state index contributed by atoms with van der Waals surface area (Å²) in [6.45, 7) is 1.39. The highest BCUT2D eigenvalue weighted by Crippen LogP contribution is 2.26. The number of hydrogen-bond acceptors (Lipinski definition) is 7. The highest BCUT2D eigenvalue weighted by molar-refractivity contribution is 7.27. The summed E-state index contributed by atoms with van der Waals surface area (Å²) in [7, 11) is 2.28. The van der Waals surface area contributed by atoms with Crippen molar-refractivity contribution in [1.82, 2.24) is 30.5 Å². The number of carbonyl (C=O) groups is 2. The van der Waals surface area contributed by atoms with Gasteiger partial charge in [-0.15, -0.1) is 0 Å². The molecule has 4 N–H and O–H groups in total. The minimum absolute atomic E-state index is 0.0211. The number of guanidine groups is 1. The van der Waals surface area contributed by atoms with E-state index >= 15 is 0 Å². The molecule has 1 spiro atoms. The van der Waals surface area contributed by atoms with Crippen LogP contribution in [0.2, 0.25) is 5.15 Å². The van der Waals surface area contributed by atoms with Crippen molar-refractivity contribution in [2.75, 3.05) is 32.0 Å². The van der Waals surface area contributed by atoms with Crippen LogP contribution in [0.5, 0.6) is 5.88 Å². The molecule has 2 amide bonds. The molecule has 2 aliphatic heterocycles. The van der Waals surface area contributed by atoms with Crippen molar-refractivity contribution in [2.45, 2.75) is 31.2 Å². The number of aromatic nitrogens is 3. The van der Waals surface area contributed by atoms with E-state index in [2.05, 4.69) is 39.8 Å². The Balaban J connectivity index is 1.33. The Bertz CT molecular complexity index is 1200. The molecule has 0 aliphatic carbocycles. The van der Waals surface area contributed by atoms with Gasteiger partial charge in [0.1, 0.15) is 0 Å². The molecule has 192 valence electrons. The topological polar surface area (TPSA) is 148 Å². The maximum absolute atomic E-state index is 12.9. The Morgan fingerprint density at radius 3 is 2.69 bits per heavy atom. The fourth-order valence-corrected chi connectivity index (χ4v) is 4.16. The van der Waals surface area contributed by atoms with Crippen LogP contribution in [0.4, 0.5) is 14.6 Å². The minimum Gasteiger partial charge on any atom is -0.471 e. The molecule has 2 aromatic heterocycles. The average Bonchev–Trinajstić information content (AvgIpc) is 3.21. The van der Waals surface area contributed by atoms with Crippen molar-refractivity contribution in [3.05, 3.63) is 34.7 Å². The van der Waals surface area contributed by atoms with Gasteiger partial charge in [0.25, 0.3) is 11.8 Å². The number of piperidine rings is 1. The summed E-state index contributed by atoms with van der Waals surface area (Å²) in [5, 5.41) is 6.37. The fourth-order valence-electron chi connectivity index (χ4n) is 3.83. The average molecular weight is 541 g/mol. The predicted octanol–water partition coefficient (Wildman–Crippen LogP) is 1.01. The molecule has 36 heavy (non-hydrogen) atoms. The summed E-state index contributed by atoms with van der Waals surface area (Å²) >= 11 is 5.93. The van der Waals surface area contributed by atoms with Gasteiger partial charge < -0.3 is 26.0 Å². The van der Waals surface area contributed by atoms with Gasteiger partial charge in [0.15, 0.2) is 29.2 Å². The Hall–Kier alpha value is -3.18. The standard InChI is InChI=1S/C21H24ClF2N8O3P/c1-20(23,24)10-35-12-3-2-11(8-26-12)18(34)32-6-4-21(5-7-32)9-27-19(31-21)30-16(33)13-15(25)29-17(36)14(22)28-13/h2-3,8H,4-7,9-10,36H2,1H3,(H2,25,29)(H2,27,30,31,33). The third-order valence-corrected chi connectivity index (χ3v) is 6.63. The molecule has 2 aliphatic rings. The third kappa shape index (κ3) is 5.96. The van der Waals surface area contributed by atoms with Crippen molar-refractivity contribution < 1.29 is 23.1 Å². The molecule has 1 unspecified atom stereocenters. The Kier molecular flexibility index (Phi) is 7.24. The van der Waals surface area contributed by atoms with Gasteiger partial charge in [-0.05, 0) is 18.9 Å². The lowest BCUT2D eigenvalue weighted by Gasteiger charge is -2.38. The van der Waals surface area contributed by atoms with E-state index in [-0.39, 0.29) is 40.0 Å². The fraction of sp³-hybridized carbons (Fsp3) is 0.429. The van der Waals surface area contributed by atoms with Gasteiger partial charge in [-0.1, -0.05) is 20.8 Å². The number of ether oxygens (including phenoxy) is 1. The van der Waals surface area contributed by atoms with E-state index in [1.54, 1.807) is 4.90 Å². The summed E-state index contributed by atoms with van der Waals surface area (Å²) in [5.41, 5.74) is 5.92. The van der Waals surface area contributed by atoms with E-state index in [4.69, 9.17) is 22.1 Å². The van der Waals surface area contributed by atoms with Crippen LogP contribution < -0.4 is 26.5 Å². The van der Waals surface area contributed by atoms with Crippen LogP contribution in [0, 0.1) is 0 Å². The first kappa shape index (κ1) is 25.9. The van der Waals surface area contributed by atoms with E-state index in [0.717, 1.165) is 6.92 Å². The number of aliphatic imine (C=N–C) groups is 1. The molecule has 2 saturated heterocycles. The number of hydrogen-bond donors (Lipinski definition) is 3. The number of pyridine rings is 1. The lowest BCUT2D eigenvalue weighted by Crippen LogP contribution is -2.53. The molecule has 2 fully saturated rings. The first-order chi connectivity index (χ1) is 16.9. The maximum atomic E-state index is 12.9. The summed E-state index contributed by atoms with van der Waals surface area (Å²) in [6.07, 6.45) is 2.52. The number of nitrogens with zero attached hydrogens (tertiary/aromatic N) is 5. The summed E-state index contributed by atoms with van der Waals surface area (Å²) in [4.78, 5) is 43.0. The lowest BCUT2D eigenvalue weighted by atomic mass is 9.88. The van der Waals surface area contributed by atoms with Crippen LogP contribution in [-0.2, 0) is 0 Å². The van der Waals surface area contributed by atoms with Gasteiger partial charge in [0.05, 0.1) is 16.5 Å². The normalized spacial score (nSPS) is 18.1. The van der Waals surface area contributed by atoms with Crippen molar-refractivity contribution in [1.29, 1.82) is 0 Å². The summed E-state index contributed by atoms with van der Waals surface area (Å²) in [6, 6.07) is 2.89. The number of likely N-dealkylation sites (tertiary alicyclic amines) is 1. The molecule has 0 bridgehead atoms. The van der Waals surface area contributed by atoms with Crippen LogP contribution in [0.1, 0.15) is 40.6 Å². The Morgan fingerprint density at radius 2 is 2.06 bits per heavy atom. The second-order valence-corrected chi connectivity index (χ2v) is 9.60. The second kappa shape index (κ2) is 10.1. The van der Waals surface area contributed by atoms with Gasteiger partial charge in [0, 0.05) is 38.8 Å². The number of halogens is 3. The number of alkyl halides is 2. The molecule has 0 radical (unpaired) electrons. The monoisotopic (exact) mass is 540 g/mol. The quantitative estimate of drug-likeness (QED) is 0.472. The van der Waals surface area contributed by atoms with Crippen LogP contribution in [0.25, 0.3) is 0 Å². The van der Waals surface area contributed by atoms with E-state index in [9.17, 15) is 18.4 Å². The van der Waals surface area contributed by atoms with Gasteiger partial charge in [-0.3, -0.25) is 9.59 Å². The molecule has 4 rings (SSSR count). The maximum Gasteiger partial charge on any atom is 0.302 e. The SMILES string of the molecule is CC(F)(F)COc1ccc(C(=O)N2CCC3(CC2)CN/C(=N\C(=O)c2nc(Cl)c(P)nc2N)N3)cn1.